The van der Waals surface area contributed by atoms with Crippen molar-refractivity contribution in [3.8, 4) is 17.2 Å². The topological polar surface area (TPSA) is 93.2 Å². The molecule has 0 radical (unpaired) electrons. The molecule has 2 amide bonds. The van der Waals surface area contributed by atoms with E-state index >= 15 is 0 Å². The van der Waals surface area contributed by atoms with E-state index < -0.39 is 0 Å². The number of benzene rings is 1. The minimum atomic E-state index is -0.179. The average Bonchev–Trinajstić information content (AvgIpc) is 2.92. The fourth-order valence-electron chi connectivity index (χ4n) is 3.53. The molecule has 0 spiro atoms. The van der Waals surface area contributed by atoms with Crippen molar-refractivity contribution >= 4 is 36.1 Å². The number of ether oxygens (including phenoxy) is 3. The quantitative estimate of drug-likeness (QED) is 0.614. The van der Waals surface area contributed by atoms with Crippen LogP contribution in [0.5, 0.6) is 17.2 Å². The SMILES string of the molecule is COc1ccc(CN(C)C(=O)/C=C/c2cnc3c(c2)CN(C)CC(=O)N3)c(OC)c1OC.Cl. The highest BCUT2D eigenvalue weighted by molar-refractivity contribution is 5.93. The van der Waals surface area contributed by atoms with Crippen molar-refractivity contribution < 1.29 is 23.8 Å². The number of halogens is 1. The number of fused-ring (bicyclic) bond motifs is 1. The van der Waals surface area contributed by atoms with Crippen LogP contribution in [0.15, 0.2) is 30.5 Å². The van der Waals surface area contributed by atoms with Crippen molar-refractivity contribution in [2.75, 3.05) is 47.3 Å². The van der Waals surface area contributed by atoms with E-state index in [1.54, 1.807) is 51.6 Å². The van der Waals surface area contributed by atoms with E-state index in [0.717, 1.165) is 16.7 Å². The van der Waals surface area contributed by atoms with Crippen LogP contribution in [-0.4, -0.2) is 68.6 Å². The van der Waals surface area contributed by atoms with Crippen molar-refractivity contribution in [2.45, 2.75) is 13.1 Å². The number of amides is 2. The predicted molar refractivity (Wildman–Crippen MR) is 128 cm³/mol. The van der Waals surface area contributed by atoms with E-state index in [4.69, 9.17) is 14.2 Å². The monoisotopic (exact) mass is 476 g/mol. The van der Waals surface area contributed by atoms with Crippen molar-refractivity contribution in [2.24, 2.45) is 0 Å². The third-order valence-electron chi connectivity index (χ3n) is 5.09. The van der Waals surface area contributed by atoms with Gasteiger partial charge in [-0.2, -0.15) is 0 Å². The Morgan fingerprint density at radius 3 is 2.58 bits per heavy atom. The molecule has 2 heterocycles. The zero-order chi connectivity index (χ0) is 23.3. The summed E-state index contributed by atoms with van der Waals surface area (Å²) in [5.41, 5.74) is 2.47. The molecule has 0 fully saturated rings. The first-order valence-electron chi connectivity index (χ1n) is 10.0. The molecule has 178 valence electrons. The van der Waals surface area contributed by atoms with Gasteiger partial charge in [0, 0.05) is 43.5 Å². The van der Waals surface area contributed by atoms with Gasteiger partial charge in [-0.15, -0.1) is 12.4 Å². The molecule has 2 aromatic rings. The fourth-order valence-corrected chi connectivity index (χ4v) is 3.53. The lowest BCUT2D eigenvalue weighted by Gasteiger charge is -2.20. The number of carbonyl (C=O) groups excluding carboxylic acids is 2. The van der Waals surface area contributed by atoms with Crippen molar-refractivity contribution in [1.82, 2.24) is 14.8 Å². The molecule has 10 heteroatoms. The van der Waals surface area contributed by atoms with E-state index in [1.807, 2.05) is 24.1 Å². The van der Waals surface area contributed by atoms with Crippen LogP contribution >= 0.6 is 12.4 Å². The van der Waals surface area contributed by atoms with Crippen LogP contribution in [0.25, 0.3) is 6.08 Å². The molecule has 3 rings (SSSR count). The number of carbonyl (C=O) groups is 2. The van der Waals surface area contributed by atoms with Crippen LogP contribution in [0.1, 0.15) is 16.7 Å². The third-order valence-corrected chi connectivity index (χ3v) is 5.09. The minimum Gasteiger partial charge on any atom is -0.493 e. The van der Waals surface area contributed by atoms with E-state index in [9.17, 15) is 9.59 Å². The summed E-state index contributed by atoms with van der Waals surface area (Å²) in [7, 11) is 8.23. The van der Waals surface area contributed by atoms with Crippen molar-refractivity contribution in [3.05, 3.63) is 47.2 Å². The van der Waals surface area contributed by atoms with Gasteiger partial charge in [-0.25, -0.2) is 4.98 Å². The fraction of sp³-hybridized carbons (Fsp3) is 0.348. The number of likely N-dealkylation sites (N-methyl/N-ethyl adjacent to an activating group) is 2. The first kappa shape index (κ1) is 26.0. The van der Waals surface area contributed by atoms with Crippen LogP contribution in [0.2, 0.25) is 0 Å². The number of anilines is 1. The molecule has 0 aliphatic carbocycles. The first-order chi connectivity index (χ1) is 15.4. The number of nitrogens with one attached hydrogen (secondary N) is 1. The Hall–Kier alpha value is -3.30. The number of nitrogens with zero attached hydrogens (tertiary/aromatic N) is 3. The minimum absolute atomic E-state index is 0. The Kier molecular flexibility index (Phi) is 9.07. The highest BCUT2D eigenvalue weighted by atomic mass is 35.5. The second-order valence-electron chi connectivity index (χ2n) is 7.52. The molecule has 1 aromatic carbocycles. The van der Waals surface area contributed by atoms with Gasteiger partial charge in [-0.1, -0.05) is 0 Å². The summed E-state index contributed by atoms with van der Waals surface area (Å²) in [5.74, 6) is 1.85. The zero-order valence-electron chi connectivity index (χ0n) is 19.4. The summed E-state index contributed by atoms with van der Waals surface area (Å²) < 4.78 is 16.2. The Balaban J connectivity index is 0.00000385. The van der Waals surface area contributed by atoms with Crippen molar-refractivity contribution in [3.63, 3.8) is 0 Å². The molecule has 0 atom stereocenters. The van der Waals surface area contributed by atoms with Gasteiger partial charge < -0.3 is 24.4 Å². The van der Waals surface area contributed by atoms with Gasteiger partial charge in [0.05, 0.1) is 27.9 Å². The summed E-state index contributed by atoms with van der Waals surface area (Å²) >= 11 is 0. The molecule has 1 aliphatic heterocycles. The molecule has 1 aliphatic rings. The second kappa shape index (κ2) is 11.5. The van der Waals surface area contributed by atoms with Gasteiger partial charge in [0.2, 0.25) is 17.6 Å². The van der Waals surface area contributed by atoms with Crippen LogP contribution in [0.4, 0.5) is 5.82 Å². The smallest absolute Gasteiger partial charge is 0.246 e. The van der Waals surface area contributed by atoms with Gasteiger partial charge in [0.15, 0.2) is 11.5 Å². The predicted octanol–water partition coefficient (Wildman–Crippen LogP) is 2.58. The second-order valence-corrected chi connectivity index (χ2v) is 7.52. The van der Waals surface area contributed by atoms with Gasteiger partial charge in [0.25, 0.3) is 0 Å². The normalized spacial score (nSPS) is 13.4. The molecule has 9 nitrogen and oxygen atoms in total. The molecule has 0 saturated heterocycles. The van der Waals surface area contributed by atoms with Crippen LogP contribution in [0.3, 0.4) is 0 Å². The number of aromatic nitrogens is 1. The number of pyridine rings is 1. The Labute approximate surface area is 199 Å². The summed E-state index contributed by atoms with van der Waals surface area (Å²) in [4.78, 5) is 32.3. The molecule has 0 unspecified atom stereocenters. The number of rotatable bonds is 7. The van der Waals surface area contributed by atoms with Gasteiger partial charge in [-0.3, -0.25) is 14.5 Å². The van der Waals surface area contributed by atoms with Crippen LogP contribution in [-0.2, 0) is 22.7 Å². The molecular formula is C23H29ClN4O5. The van der Waals surface area contributed by atoms with Gasteiger partial charge in [0.1, 0.15) is 5.82 Å². The van der Waals surface area contributed by atoms with E-state index in [-0.39, 0.29) is 24.2 Å². The first-order valence-corrected chi connectivity index (χ1v) is 10.0. The zero-order valence-corrected chi connectivity index (χ0v) is 20.2. The summed E-state index contributed by atoms with van der Waals surface area (Å²) in [6.07, 6.45) is 4.84. The lowest BCUT2D eigenvalue weighted by molar-refractivity contribution is -0.125. The maximum Gasteiger partial charge on any atom is 0.246 e. The average molecular weight is 477 g/mol. The molecule has 0 saturated carbocycles. The number of hydrogen-bond acceptors (Lipinski definition) is 7. The maximum absolute atomic E-state index is 12.7. The van der Waals surface area contributed by atoms with Crippen LogP contribution < -0.4 is 19.5 Å². The van der Waals surface area contributed by atoms with Crippen molar-refractivity contribution in [1.29, 1.82) is 0 Å². The van der Waals surface area contributed by atoms with E-state index in [2.05, 4.69) is 10.3 Å². The number of hydrogen-bond donors (Lipinski definition) is 1. The summed E-state index contributed by atoms with van der Waals surface area (Å²) in [6.45, 7) is 1.23. The maximum atomic E-state index is 12.7. The van der Waals surface area contributed by atoms with Gasteiger partial charge >= 0.3 is 0 Å². The summed E-state index contributed by atoms with van der Waals surface area (Å²) in [6, 6.07) is 5.54. The standard InChI is InChI=1S/C23H28N4O5.ClH/c1-26-12-17-10-15(11-24-23(17)25-19(28)14-26)6-9-20(29)27(2)13-16-7-8-18(30-3)22(32-5)21(16)31-4;/h6-11H,12-14H2,1-5H3,(H,24,25,28);1H/b9-6+;. The molecule has 0 bridgehead atoms. The van der Waals surface area contributed by atoms with Gasteiger partial charge in [-0.05, 0) is 36.9 Å². The summed E-state index contributed by atoms with van der Waals surface area (Å²) in [5, 5.41) is 2.80. The third kappa shape index (κ3) is 6.15. The molecule has 33 heavy (non-hydrogen) atoms. The molecular weight excluding hydrogens is 448 g/mol. The Morgan fingerprint density at radius 2 is 1.91 bits per heavy atom. The lowest BCUT2D eigenvalue weighted by atomic mass is 10.1. The molecule has 1 N–H and O–H groups in total. The van der Waals surface area contributed by atoms with E-state index in [1.165, 1.54) is 6.08 Å². The largest absolute Gasteiger partial charge is 0.493 e. The van der Waals surface area contributed by atoms with E-state index in [0.29, 0.717) is 42.7 Å². The lowest BCUT2D eigenvalue weighted by Crippen LogP contribution is -2.26. The van der Waals surface area contributed by atoms with Crippen LogP contribution in [0, 0.1) is 0 Å². The highest BCUT2D eigenvalue weighted by Gasteiger charge is 2.19. The Morgan fingerprint density at radius 1 is 1.18 bits per heavy atom. The molecule has 1 aromatic heterocycles. The Bertz CT molecular complexity index is 1040. The number of methoxy groups -OCH3 is 3. The highest BCUT2D eigenvalue weighted by Crippen LogP contribution is 2.40.